The lowest BCUT2D eigenvalue weighted by Crippen LogP contribution is -2.35. The lowest BCUT2D eigenvalue weighted by Gasteiger charge is -2.22. The minimum Gasteiger partial charge on any atom is -0.392 e. The van der Waals surface area contributed by atoms with Crippen LogP contribution in [0.3, 0.4) is 0 Å². The van der Waals surface area contributed by atoms with Crippen LogP contribution in [0.15, 0.2) is 30.3 Å². The highest BCUT2D eigenvalue weighted by Gasteiger charge is 2.14. The van der Waals surface area contributed by atoms with E-state index in [2.05, 4.69) is 4.98 Å². The zero-order chi connectivity index (χ0) is 14.7. The molecule has 1 amide bonds. The van der Waals surface area contributed by atoms with Crippen LogP contribution >= 0.6 is 0 Å². The molecule has 0 aliphatic heterocycles. The Balaban J connectivity index is 2.39. The van der Waals surface area contributed by atoms with E-state index >= 15 is 0 Å². The third-order valence-corrected chi connectivity index (χ3v) is 3.18. The van der Waals surface area contributed by atoms with Crippen LogP contribution < -0.4 is 4.90 Å². The minimum atomic E-state index is -0.104. The van der Waals surface area contributed by atoms with Gasteiger partial charge in [-0.1, -0.05) is 18.2 Å². The molecule has 0 aliphatic carbocycles. The lowest BCUT2D eigenvalue weighted by atomic mass is 10.1. The largest absolute Gasteiger partial charge is 0.392 e. The molecule has 5 heteroatoms. The van der Waals surface area contributed by atoms with E-state index in [1.807, 2.05) is 30.3 Å². The molecule has 0 radical (unpaired) electrons. The molecule has 106 valence electrons. The summed E-state index contributed by atoms with van der Waals surface area (Å²) in [5.74, 6) is 0.632. The topological polar surface area (TPSA) is 56.7 Å². The molecule has 0 unspecified atom stereocenters. The first-order valence-corrected chi connectivity index (χ1v) is 6.43. The number of aliphatic hydroxyl groups excluding tert-OH is 1. The van der Waals surface area contributed by atoms with Gasteiger partial charge in [0.2, 0.25) is 5.91 Å². The summed E-state index contributed by atoms with van der Waals surface area (Å²) >= 11 is 0. The van der Waals surface area contributed by atoms with E-state index in [-0.39, 0.29) is 19.1 Å². The quantitative estimate of drug-likeness (QED) is 0.911. The minimum absolute atomic E-state index is 0.00801. The van der Waals surface area contributed by atoms with E-state index in [1.165, 1.54) is 4.90 Å². The smallest absolute Gasteiger partial charge is 0.241 e. The van der Waals surface area contributed by atoms with E-state index in [0.717, 1.165) is 16.5 Å². The zero-order valence-electron chi connectivity index (χ0n) is 12.0. The van der Waals surface area contributed by atoms with Gasteiger partial charge in [-0.3, -0.25) is 4.79 Å². The second-order valence-electron chi connectivity index (χ2n) is 4.97. The van der Waals surface area contributed by atoms with Gasteiger partial charge >= 0.3 is 0 Å². The predicted octanol–water partition coefficient (Wildman–Crippen LogP) is 1.25. The van der Waals surface area contributed by atoms with Crippen LogP contribution in [0.2, 0.25) is 0 Å². The van der Waals surface area contributed by atoms with Crippen molar-refractivity contribution in [2.75, 3.05) is 32.6 Å². The maximum atomic E-state index is 11.8. The summed E-state index contributed by atoms with van der Waals surface area (Å²) in [5, 5.41) is 10.5. The maximum Gasteiger partial charge on any atom is 0.241 e. The van der Waals surface area contributed by atoms with E-state index in [0.29, 0.717) is 5.82 Å². The molecule has 1 aromatic carbocycles. The number of hydrogen-bond donors (Lipinski definition) is 1. The molecule has 20 heavy (non-hydrogen) atoms. The third-order valence-electron chi connectivity index (χ3n) is 3.18. The van der Waals surface area contributed by atoms with Gasteiger partial charge < -0.3 is 14.9 Å². The standard InChI is InChI=1S/C15H19N3O2/c1-17(2)14(20)9-18(3)15-12(10-19)8-11-6-4-5-7-13(11)16-15/h4-8,19H,9-10H2,1-3H3. The van der Waals surface area contributed by atoms with Gasteiger partial charge in [-0.25, -0.2) is 4.98 Å². The Labute approximate surface area is 118 Å². The number of nitrogens with zero attached hydrogens (tertiary/aromatic N) is 3. The number of amides is 1. The van der Waals surface area contributed by atoms with Crippen LogP contribution in [0.5, 0.6) is 0 Å². The molecule has 0 saturated carbocycles. The van der Waals surface area contributed by atoms with Gasteiger partial charge in [-0.15, -0.1) is 0 Å². The normalized spacial score (nSPS) is 10.6. The summed E-state index contributed by atoms with van der Waals surface area (Å²) < 4.78 is 0. The average Bonchev–Trinajstić information content (AvgIpc) is 2.45. The first kappa shape index (κ1) is 14.3. The summed E-state index contributed by atoms with van der Waals surface area (Å²) in [6.07, 6.45) is 0. The molecule has 0 fully saturated rings. The summed E-state index contributed by atoms with van der Waals surface area (Å²) in [6.45, 7) is 0.124. The number of fused-ring (bicyclic) bond motifs is 1. The monoisotopic (exact) mass is 273 g/mol. The SMILES string of the molecule is CN(C)C(=O)CN(C)c1nc2ccccc2cc1CO. The Morgan fingerprint density at radius 3 is 2.60 bits per heavy atom. The molecular formula is C15H19N3O2. The Morgan fingerprint density at radius 2 is 1.95 bits per heavy atom. The van der Waals surface area contributed by atoms with Gasteiger partial charge in [0.25, 0.3) is 0 Å². The second kappa shape index (κ2) is 5.88. The Hall–Kier alpha value is -2.14. The number of hydrogen-bond acceptors (Lipinski definition) is 4. The number of rotatable bonds is 4. The van der Waals surface area contributed by atoms with Crippen LogP contribution in [-0.2, 0) is 11.4 Å². The van der Waals surface area contributed by atoms with Gasteiger partial charge in [0.15, 0.2) is 0 Å². The Morgan fingerprint density at radius 1 is 1.25 bits per heavy atom. The fraction of sp³-hybridized carbons (Fsp3) is 0.333. The highest BCUT2D eigenvalue weighted by Crippen LogP contribution is 2.22. The van der Waals surface area contributed by atoms with Gasteiger partial charge in [-0.05, 0) is 12.1 Å². The fourth-order valence-electron chi connectivity index (χ4n) is 2.02. The van der Waals surface area contributed by atoms with Crippen LogP contribution in [0, 0.1) is 0 Å². The summed E-state index contributed by atoms with van der Waals surface area (Å²) in [4.78, 5) is 19.6. The van der Waals surface area contributed by atoms with Crippen molar-refractivity contribution >= 4 is 22.6 Å². The van der Waals surface area contributed by atoms with Crippen molar-refractivity contribution in [2.45, 2.75) is 6.61 Å². The Kier molecular flexibility index (Phi) is 4.20. The molecule has 0 aliphatic rings. The maximum absolute atomic E-state index is 11.8. The van der Waals surface area contributed by atoms with Crippen molar-refractivity contribution in [3.63, 3.8) is 0 Å². The van der Waals surface area contributed by atoms with Gasteiger partial charge in [-0.2, -0.15) is 0 Å². The molecular weight excluding hydrogens is 254 g/mol. The fourth-order valence-corrected chi connectivity index (χ4v) is 2.02. The van der Waals surface area contributed by atoms with Crippen molar-refractivity contribution in [1.82, 2.24) is 9.88 Å². The molecule has 2 rings (SSSR count). The van der Waals surface area contributed by atoms with Gasteiger partial charge in [0.05, 0.1) is 18.7 Å². The molecule has 1 N–H and O–H groups in total. The number of carbonyl (C=O) groups is 1. The first-order chi connectivity index (χ1) is 9.52. The van der Waals surface area contributed by atoms with Crippen molar-refractivity contribution in [1.29, 1.82) is 0 Å². The summed E-state index contributed by atoms with van der Waals surface area (Å²) in [7, 11) is 5.24. The molecule has 5 nitrogen and oxygen atoms in total. The van der Waals surface area contributed by atoms with E-state index < -0.39 is 0 Å². The molecule has 0 spiro atoms. The second-order valence-corrected chi connectivity index (χ2v) is 4.97. The lowest BCUT2D eigenvalue weighted by molar-refractivity contribution is -0.127. The van der Waals surface area contributed by atoms with Gasteiger partial charge in [0.1, 0.15) is 5.82 Å². The predicted molar refractivity (Wildman–Crippen MR) is 79.6 cm³/mol. The van der Waals surface area contributed by atoms with Crippen molar-refractivity contribution < 1.29 is 9.90 Å². The number of para-hydroxylation sites is 1. The van der Waals surface area contributed by atoms with Crippen LogP contribution in [0.25, 0.3) is 10.9 Å². The van der Waals surface area contributed by atoms with Crippen molar-refractivity contribution in [3.05, 3.63) is 35.9 Å². The number of likely N-dealkylation sites (N-methyl/N-ethyl adjacent to an activating group) is 2. The average molecular weight is 273 g/mol. The summed E-state index contributed by atoms with van der Waals surface area (Å²) in [5.41, 5.74) is 1.57. The van der Waals surface area contributed by atoms with E-state index in [1.54, 1.807) is 26.0 Å². The first-order valence-electron chi connectivity index (χ1n) is 6.43. The number of benzene rings is 1. The van der Waals surface area contributed by atoms with Crippen LogP contribution in [0.4, 0.5) is 5.82 Å². The summed E-state index contributed by atoms with van der Waals surface area (Å²) in [6, 6.07) is 9.64. The van der Waals surface area contributed by atoms with Crippen molar-refractivity contribution in [2.24, 2.45) is 0 Å². The van der Waals surface area contributed by atoms with Crippen LogP contribution in [-0.4, -0.2) is 48.6 Å². The highest BCUT2D eigenvalue weighted by molar-refractivity contribution is 5.84. The van der Waals surface area contributed by atoms with Crippen molar-refractivity contribution in [3.8, 4) is 0 Å². The number of carbonyl (C=O) groups excluding carboxylic acids is 1. The number of anilines is 1. The third kappa shape index (κ3) is 2.88. The molecule has 1 aromatic heterocycles. The number of aliphatic hydroxyl groups is 1. The highest BCUT2D eigenvalue weighted by atomic mass is 16.3. The van der Waals surface area contributed by atoms with Crippen LogP contribution in [0.1, 0.15) is 5.56 Å². The molecule has 0 bridgehead atoms. The number of aromatic nitrogens is 1. The molecule has 1 heterocycles. The van der Waals surface area contributed by atoms with E-state index in [9.17, 15) is 9.90 Å². The number of pyridine rings is 1. The Bertz CT molecular complexity index is 626. The molecule has 0 atom stereocenters. The van der Waals surface area contributed by atoms with E-state index in [4.69, 9.17) is 0 Å². The molecule has 2 aromatic rings. The molecule has 0 saturated heterocycles. The van der Waals surface area contributed by atoms with Gasteiger partial charge in [0, 0.05) is 32.1 Å². The zero-order valence-corrected chi connectivity index (χ0v) is 12.0.